The standard InChI is InChI=1S/C24H30N2O4/c1-17-8-10-18(11-9-17)24(28)26-15-21(19-6-4-7-20(14-19)30-3)22(16-26)23(27)25-12-5-13-29-2/h4,6-11,14,21-22H,5,12-13,15-16H2,1-3H3,(H,25,27). The van der Waals surface area contributed by atoms with Gasteiger partial charge >= 0.3 is 0 Å². The molecule has 2 aromatic carbocycles. The van der Waals surface area contributed by atoms with E-state index < -0.39 is 0 Å². The number of rotatable bonds is 8. The molecule has 1 aliphatic heterocycles. The Bertz CT molecular complexity index is 866. The number of carbonyl (C=O) groups excluding carboxylic acids is 2. The lowest BCUT2D eigenvalue weighted by Gasteiger charge is -2.18. The summed E-state index contributed by atoms with van der Waals surface area (Å²) in [5.41, 5.74) is 2.76. The van der Waals surface area contributed by atoms with Crippen LogP contribution in [0.15, 0.2) is 48.5 Å². The first-order chi connectivity index (χ1) is 14.5. The minimum atomic E-state index is -0.311. The van der Waals surface area contributed by atoms with Gasteiger partial charge < -0.3 is 19.7 Å². The van der Waals surface area contributed by atoms with E-state index >= 15 is 0 Å². The van der Waals surface area contributed by atoms with Gasteiger partial charge in [0.2, 0.25) is 5.91 Å². The summed E-state index contributed by atoms with van der Waals surface area (Å²) in [6.45, 7) is 4.04. The molecule has 2 atom stereocenters. The summed E-state index contributed by atoms with van der Waals surface area (Å²) in [6, 6.07) is 15.3. The van der Waals surface area contributed by atoms with Gasteiger partial charge in [-0.3, -0.25) is 9.59 Å². The maximum atomic E-state index is 13.1. The molecule has 0 saturated carbocycles. The molecule has 2 unspecified atom stereocenters. The minimum absolute atomic E-state index is 0.0295. The molecule has 1 heterocycles. The summed E-state index contributed by atoms with van der Waals surface area (Å²) in [6.07, 6.45) is 0.755. The Morgan fingerprint density at radius 3 is 2.57 bits per heavy atom. The highest BCUT2D eigenvalue weighted by molar-refractivity contribution is 5.95. The first-order valence-corrected chi connectivity index (χ1v) is 10.3. The molecule has 2 amide bonds. The maximum absolute atomic E-state index is 13.1. The number of aryl methyl sites for hydroxylation is 1. The highest BCUT2D eigenvalue weighted by Crippen LogP contribution is 2.35. The quantitative estimate of drug-likeness (QED) is 0.680. The first-order valence-electron chi connectivity index (χ1n) is 10.3. The molecule has 1 aliphatic rings. The molecule has 6 heteroatoms. The lowest BCUT2D eigenvalue weighted by Crippen LogP contribution is -2.36. The van der Waals surface area contributed by atoms with Crippen molar-refractivity contribution in [2.75, 3.05) is 40.5 Å². The van der Waals surface area contributed by atoms with Crippen molar-refractivity contribution < 1.29 is 19.1 Å². The van der Waals surface area contributed by atoms with Crippen molar-refractivity contribution in [3.05, 3.63) is 65.2 Å². The van der Waals surface area contributed by atoms with E-state index in [1.165, 1.54) is 0 Å². The molecule has 1 N–H and O–H groups in total. The lowest BCUT2D eigenvalue weighted by molar-refractivity contribution is -0.124. The van der Waals surface area contributed by atoms with Gasteiger partial charge in [-0.05, 0) is 43.2 Å². The monoisotopic (exact) mass is 410 g/mol. The number of benzene rings is 2. The highest BCUT2D eigenvalue weighted by atomic mass is 16.5. The van der Waals surface area contributed by atoms with Crippen LogP contribution in [0.5, 0.6) is 5.75 Å². The van der Waals surface area contributed by atoms with Crippen molar-refractivity contribution in [3.8, 4) is 5.75 Å². The van der Waals surface area contributed by atoms with Crippen LogP contribution in [0, 0.1) is 12.8 Å². The number of methoxy groups -OCH3 is 2. The SMILES string of the molecule is COCCCNC(=O)C1CN(C(=O)c2ccc(C)cc2)CC1c1cccc(OC)c1. The van der Waals surface area contributed by atoms with Gasteiger partial charge in [-0.25, -0.2) is 0 Å². The molecule has 0 aromatic heterocycles. The number of ether oxygens (including phenoxy) is 2. The van der Waals surface area contributed by atoms with E-state index in [-0.39, 0.29) is 23.7 Å². The van der Waals surface area contributed by atoms with Gasteiger partial charge in [-0.1, -0.05) is 29.8 Å². The molecule has 6 nitrogen and oxygen atoms in total. The third-order valence-electron chi connectivity index (χ3n) is 5.59. The molecular formula is C24H30N2O4. The van der Waals surface area contributed by atoms with Gasteiger partial charge in [0.25, 0.3) is 5.91 Å². The second-order valence-electron chi connectivity index (χ2n) is 7.70. The predicted octanol–water partition coefficient (Wildman–Crippen LogP) is 3.01. The van der Waals surface area contributed by atoms with E-state index in [2.05, 4.69) is 5.32 Å². The number of carbonyl (C=O) groups is 2. The van der Waals surface area contributed by atoms with Crippen molar-refractivity contribution in [1.29, 1.82) is 0 Å². The summed E-state index contributed by atoms with van der Waals surface area (Å²) in [7, 11) is 3.27. The van der Waals surface area contributed by atoms with Crippen LogP contribution in [0.2, 0.25) is 0 Å². The molecule has 3 rings (SSSR count). The van der Waals surface area contributed by atoms with Gasteiger partial charge in [0.15, 0.2) is 0 Å². The van der Waals surface area contributed by atoms with E-state index in [1.807, 2.05) is 55.5 Å². The zero-order chi connectivity index (χ0) is 21.5. The number of hydrogen-bond donors (Lipinski definition) is 1. The van der Waals surface area contributed by atoms with E-state index in [0.29, 0.717) is 31.8 Å². The van der Waals surface area contributed by atoms with Crippen LogP contribution >= 0.6 is 0 Å². The normalized spacial score (nSPS) is 18.3. The fourth-order valence-corrected chi connectivity index (χ4v) is 3.88. The van der Waals surface area contributed by atoms with E-state index in [9.17, 15) is 9.59 Å². The second-order valence-corrected chi connectivity index (χ2v) is 7.70. The summed E-state index contributed by atoms with van der Waals surface area (Å²) in [4.78, 5) is 27.8. The molecular weight excluding hydrogens is 380 g/mol. The average molecular weight is 411 g/mol. The van der Waals surface area contributed by atoms with Crippen LogP contribution in [-0.4, -0.2) is 57.2 Å². The van der Waals surface area contributed by atoms with Gasteiger partial charge in [-0.15, -0.1) is 0 Å². The lowest BCUT2D eigenvalue weighted by atomic mass is 9.88. The summed E-state index contributed by atoms with van der Waals surface area (Å²) >= 11 is 0. The Morgan fingerprint density at radius 1 is 1.10 bits per heavy atom. The third kappa shape index (κ3) is 5.19. The Morgan fingerprint density at radius 2 is 1.87 bits per heavy atom. The van der Waals surface area contributed by atoms with Crippen LogP contribution in [0.1, 0.15) is 33.8 Å². The third-order valence-corrected chi connectivity index (χ3v) is 5.59. The molecule has 1 fully saturated rings. The molecule has 30 heavy (non-hydrogen) atoms. The van der Waals surface area contributed by atoms with Crippen molar-refractivity contribution >= 4 is 11.8 Å². The Labute approximate surface area is 178 Å². The van der Waals surface area contributed by atoms with Crippen LogP contribution < -0.4 is 10.1 Å². The number of nitrogens with zero attached hydrogens (tertiary/aromatic N) is 1. The molecule has 2 aromatic rings. The molecule has 160 valence electrons. The Balaban J connectivity index is 1.80. The molecule has 1 saturated heterocycles. The summed E-state index contributed by atoms with van der Waals surface area (Å²) < 4.78 is 10.4. The van der Waals surface area contributed by atoms with E-state index in [0.717, 1.165) is 23.3 Å². The van der Waals surface area contributed by atoms with Crippen molar-refractivity contribution in [1.82, 2.24) is 10.2 Å². The van der Waals surface area contributed by atoms with E-state index in [1.54, 1.807) is 19.1 Å². The molecule has 0 bridgehead atoms. The number of amides is 2. The number of nitrogens with one attached hydrogen (secondary N) is 1. The second kappa shape index (κ2) is 10.3. The van der Waals surface area contributed by atoms with Crippen molar-refractivity contribution in [2.24, 2.45) is 5.92 Å². The topological polar surface area (TPSA) is 67.9 Å². The zero-order valence-electron chi connectivity index (χ0n) is 17.9. The zero-order valence-corrected chi connectivity index (χ0v) is 17.9. The number of hydrogen-bond acceptors (Lipinski definition) is 4. The van der Waals surface area contributed by atoms with Crippen LogP contribution in [0.3, 0.4) is 0 Å². The maximum Gasteiger partial charge on any atom is 0.253 e. The summed E-state index contributed by atoms with van der Waals surface area (Å²) in [5.74, 6) is 0.275. The largest absolute Gasteiger partial charge is 0.497 e. The molecule has 0 aliphatic carbocycles. The Kier molecular flexibility index (Phi) is 7.46. The molecule has 0 radical (unpaired) electrons. The minimum Gasteiger partial charge on any atom is -0.497 e. The Hall–Kier alpha value is -2.86. The van der Waals surface area contributed by atoms with E-state index in [4.69, 9.17) is 9.47 Å². The predicted molar refractivity (Wildman–Crippen MR) is 116 cm³/mol. The fraction of sp³-hybridized carbons (Fsp3) is 0.417. The van der Waals surface area contributed by atoms with Crippen LogP contribution in [-0.2, 0) is 9.53 Å². The van der Waals surface area contributed by atoms with Crippen molar-refractivity contribution in [3.63, 3.8) is 0 Å². The van der Waals surface area contributed by atoms with Crippen LogP contribution in [0.25, 0.3) is 0 Å². The fourth-order valence-electron chi connectivity index (χ4n) is 3.88. The number of likely N-dealkylation sites (tertiary alicyclic amines) is 1. The highest BCUT2D eigenvalue weighted by Gasteiger charge is 2.40. The van der Waals surface area contributed by atoms with Crippen LogP contribution in [0.4, 0.5) is 0 Å². The summed E-state index contributed by atoms with van der Waals surface area (Å²) in [5, 5.41) is 3.01. The van der Waals surface area contributed by atoms with Gasteiger partial charge in [-0.2, -0.15) is 0 Å². The molecule has 0 spiro atoms. The van der Waals surface area contributed by atoms with Gasteiger partial charge in [0.05, 0.1) is 13.0 Å². The van der Waals surface area contributed by atoms with Gasteiger partial charge in [0, 0.05) is 44.8 Å². The van der Waals surface area contributed by atoms with Gasteiger partial charge in [0.1, 0.15) is 5.75 Å². The first kappa shape index (κ1) is 21.8. The smallest absolute Gasteiger partial charge is 0.253 e. The average Bonchev–Trinajstić information content (AvgIpc) is 3.22. The van der Waals surface area contributed by atoms with Crippen molar-refractivity contribution in [2.45, 2.75) is 19.3 Å².